The Bertz CT molecular complexity index is 1360. The van der Waals surface area contributed by atoms with E-state index >= 15 is 0 Å². The van der Waals surface area contributed by atoms with Gasteiger partial charge in [-0.25, -0.2) is 0 Å². The molecule has 1 aliphatic carbocycles. The average molecular weight is 491 g/mol. The third kappa shape index (κ3) is 3.66. The van der Waals surface area contributed by atoms with Crippen LogP contribution in [0.4, 0.5) is 0 Å². The van der Waals surface area contributed by atoms with Gasteiger partial charge in [0, 0.05) is 12.1 Å². The predicted molar refractivity (Wildman–Crippen MR) is 143 cm³/mol. The molecule has 184 valence electrons. The molecule has 3 aromatic rings. The van der Waals surface area contributed by atoms with Gasteiger partial charge in [-0.3, -0.25) is 9.36 Å². The topological polar surface area (TPSA) is 64.2 Å². The Morgan fingerprint density at radius 3 is 2.46 bits per heavy atom. The smallest absolute Gasteiger partial charge is 0.282 e. The molecule has 0 amide bonds. The van der Waals surface area contributed by atoms with Crippen LogP contribution in [0.25, 0.3) is 16.6 Å². The minimum atomic E-state index is -0.346. The number of nitrogens with two attached hydrogens (primary N) is 1. The number of hydrogen-bond donors (Lipinski definition) is 1. The summed E-state index contributed by atoms with van der Waals surface area (Å²) in [5, 5.41) is 0.988. The quantitative estimate of drug-likeness (QED) is 0.519. The number of hydrogen-bond acceptors (Lipinski definition) is 4. The van der Waals surface area contributed by atoms with Gasteiger partial charge < -0.3 is 10.6 Å². The predicted octanol–water partition coefficient (Wildman–Crippen LogP) is 5.44. The molecule has 0 spiro atoms. The van der Waals surface area contributed by atoms with Crippen LogP contribution in [0.2, 0.25) is 5.02 Å². The number of likely N-dealkylation sites (tertiary alicyclic amines) is 1. The molecule has 3 aliphatic rings. The average Bonchev–Trinajstić information content (AvgIpc) is 3.07. The van der Waals surface area contributed by atoms with Crippen LogP contribution in [0.1, 0.15) is 80.8 Å². The number of aromatic nitrogens is 2. The van der Waals surface area contributed by atoms with Gasteiger partial charge in [0.25, 0.3) is 5.56 Å². The van der Waals surface area contributed by atoms with E-state index in [1.165, 1.54) is 49.7 Å². The van der Waals surface area contributed by atoms with Crippen LogP contribution < -0.4 is 11.3 Å². The monoisotopic (exact) mass is 490 g/mol. The largest absolute Gasteiger partial charge is 0.328 e. The van der Waals surface area contributed by atoms with Crippen LogP contribution in [0.3, 0.4) is 0 Å². The van der Waals surface area contributed by atoms with Crippen LogP contribution in [0.15, 0.2) is 35.1 Å². The lowest BCUT2D eigenvalue weighted by molar-refractivity contribution is 0.117. The van der Waals surface area contributed by atoms with Crippen molar-refractivity contribution in [3.8, 4) is 5.69 Å². The number of aryl methyl sites for hydroxylation is 1. The molecular weight excluding hydrogens is 456 g/mol. The Balaban J connectivity index is 1.36. The zero-order valence-corrected chi connectivity index (χ0v) is 21.7. The summed E-state index contributed by atoms with van der Waals surface area (Å²) in [5.41, 5.74) is 11.2. The maximum atomic E-state index is 13.0. The van der Waals surface area contributed by atoms with Gasteiger partial charge in [-0.05, 0) is 107 Å². The van der Waals surface area contributed by atoms with Gasteiger partial charge in [0.2, 0.25) is 0 Å². The van der Waals surface area contributed by atoms with E-state index in [2.05, 4.69) is 46.5 Å². The van der Waals surface area contributed by atoms with Crippen molar-refractivity contribution in [1.29, 1.82) is 0 Å². The summed E-state index contributed by atoms with van der Waals surface area (Å²) in [7, 11) is 0. The molecule has 2 fully saturated rings. The fraction of sp³-hybridized carbons (Fsp3) is 0.517. The molecule has 0 bridgehead atoms. The Hall–Kier alpha value is -2.21. The fourth-order valence-corrected chi connectivity index (χ4v) is 7.06. The third-order valence-electron chi connectivity index (χ3n) is 8.94. The van der Waals surface area contributed by atoms with Crippen molar-refractivity contribution in [2.24, 2.45) is 5.73 Å². The van der Waals surface area contributed by atoms with E-state index in [0.29, 0.717) is 28.4 Å². The van der Waals surface area contributed by atoms with Crippen molar-refractivity contribution >= 4 is 22.5 Å². The van der Waals surface area contributed by atoms with Gasteiger partial charge in [0.1, 0.15) is 5.82 Å². The number of rotatable bonds is 2. The van der Waals surface area contributed by atoms with Crippen molar-refractivity contribution in [1.82, 2.24) is 14.5 Å². The van der Waals surface area contributed by atoms with E-state index < -0.39 is 0 Å². The van der Waals surface area contributed by atoms with E-state index in [0.717, 1.165) is 35.7 Å². The number of benzene rings is 2. The minimum Gasteiger partial charge on any atom is -0.328 e. The highest BCUT2D eigenvalue weighted by molar-refractivity contribution is 6.35. The fourth-order valence-electron chi connectivity index (χ4n) is 6.83. The molecule has 3 heterocycles. The van der Waals surface area contributed by atoms with Crippen LogP contribution in [0.5, 0.6) is 0 Å². The zero-order chi connectivity index (χ0) is 24.5. The number of halogens is 1. The van der Waals surface area contributed by atoms with Crippen molar-refractivity contribution in [3.05, 3.63) is 68.2 Å². The molecule has 1 aromatic heterocycles. The first-order chi connectivity index (χ1) is 16.8. The van der Waals surface area contributed by atoms with Gasteiger partial charge >= 0.3 is 0 Å². The maximum absolute atomic E-state index is 13.0. The van der Waals surface area contributed by atoms with Crippen LogP contribution >= 0.6 is 11.6 Å². The number of nitrogens with zero attached hydrogens (tertiary/aromatic N) is 3. The summed E-state index contributed by atoms with van der Waals surface area (Å²) in [4.78, 5) is 20.3. The minimum absolute atomic E-state index is 0.239. The normalized spacial score (nSPS) is 24.5. The van der Waals surface area contributed by atoms with Gasteiger partial charge in [-0.2, -0.15) is 4.98 Å². The van der Waals surface area contributed by atoms with Crippen LogP contribution in [-0.4, -0.2) is 39.6 Å². The van der Waals surface area contributed by atoms with Crippen LogP contribution in [0, 0.1) is 6.92 Å². The van der Waals surface area contributed by atoms with E-state index in [1.54, 1.807) is 6.07 Å². The van der Waals surface area contributed by atoms with Gasteiger partial charge in [-0.1, -0.05) is 29.8 Å². The van der Waals surface area contributed by atoms with Crippen molar-refractivity contribution in [3.63, 3.8) is 0 Å². The highest BCUT2D eigenvalue weighted by Crippen LogP contribution is 2.45. The van der Waals surface area contributed by atoms with Crippen LogP contribution in [-0.2, 0) is 5.41 Å². The van der Waals surface area contributed by atoms with E-state index in [4.69, 9.17) is 17.3 Å². The standard InChI is InChI=1S/C29H35ClN4O/c1-17-4-11-23(30)25-26(17)34-24-16-19(5-10-22(24)29(2,3)28(34)32-27(25)35)18-12-14-33(15-13-18)21-8-6-20(31)7-9-21/h4-5,10-11,16,18,20-21H,6-9,12-15,31H2,1-3H3. The maximum Gasteiger partial charge on any atom is 0.282 e. The lowest BCUT2D eigenvalue weighted by atomic mass is 9.82. The molecule has 2 aromatic carbocycles. The Kier molecular flexibility index (Phi) is 5.59. The van der Waals surface area contributed by atoms with Gasteiger partial charge in [-0.15, -0.1) is 0 Å². The van der Waals surface area contributed by atoms with Crippen molar-refractivity contribution in [2.45, 2.75) is 82.7 Å². The molecule has 0 unspecified atom stereocenters. The summed E-state index contributed by atoms with van der Waals surface area (Å²) in [6, 6.07) is 11.9. The second-order valence-corrected chi connectivity index (χ2v) is 11.9. The lowest BCUT2D eigenvalue weighted by Crippen LogP contribution is -2.44. The summed E-state index contributed by atoms with van der Waals surface area (Å²) < 4.78 is 2.21. The summed E-state index contributed by atoms with van der Waals surface area (Å²) >= 11 is 6.51. The number of fused-ring (bicyclic) bond motifs is 5. The lowest BCUT2D eigenvalue weighted by Gasteiger charge is -2.40. The molecule has 35 heavy (non-hydrogen) atoms. The first-order valence-electron chi connectivity index (χ1n) is 13.1. The first kappa shape index (κ1) is 23.2. The molecule has 1 saturated heterocycles. The third-order valence-corrected chi connectivity index (χ3v) is 9.25. The zero-order valence-electron chi connectivity index (χ0n) is 21.0. The summed E-state index contributed by atoms with van der Waals surface area (Å²) in [5.74, 6) is 1.36. The molecular formula is C29H35ClN4O. The van der Waals surface area contributed by atoms with E-state index in [1.807, 2.05) is 13.0 Å². The Labute approximate surface area is 212 Å². The highest BCUT2D eigenvalue weighted by atomic mass is 35.5. The molecule has 0 radical (unpaired) electrons. The molecule has 5 nitrogen and oxygen atoms in total. The Morgan fingerprint density at radius 2 is 1.74 bits per heavy atom. The SMILES string of the molecule is Cc1ccc(Cl)c2c(=O)nc3n(c12)-c1cc(C2CCN(C4CCC(N)CC4)CC2)ccc1C3(C)C. The van der Waals surface area contributed by atoms with Gasteiger partial charge in [0.15, 0.2) is 0 Å². The second kappa shape index (κ2) is 8.43. The molecule has 1 saturated carbocycles. The molecule has 2 aliphatic heterocycles. The molecule has 0 atom stereocenters. The second-order valence-electron chi connectivity index (χ2n) is 11.4. The van der Waals surface area contributed by atoms with Crippen molar-refractivity contribution in [2.75, 3.05) is 13.1 Å². The summed E-state index contributed by atoms with van der Waals surface area (Å²) in [6.07, 6.45) is 7.20. The van der Waals surface area contributed by atoms with Gasteiger partial charge in [0.05, 0.1) is 27.0 Å². The molecule has 6 rings (SSSR count). The Morgan fingerprint density at radius 1 is 1.03 bits per heavy atom. The highest BCUT2D eigenvalue weighted by Gasteiger charge is 2.39. The molecule has 6 heteroatoms. The first-order valence-corrected chi connectivity index (χ1v) is 13.5. The van der Waals surface area contributed by atoms with E-state index in [-0.39, 0.29) is 11.0 Å². The van der Waals surface area contributed by atoms with Crippen molar-refractivity contribution < 1.29 is 0 Å². The summed E-state index contributed by atoms with van der Waals surface area (Å²) in [6.45, 7) is 8.70. The number of piperidine rings is 1. The molecule has 2 N–H and O–H groups in total. The van der Waals surface area contributed by atoms with E-state index in [9.17, 15) is 4.79 Å².